The number of likely N-dealkylation sites (tertiary alicyclic amines) is 1. The second-order valence-electron chi connectivity index (χ2n) is 7.78. The second kappa shape index (κ2) is 8.89. The van der Waals surface area contributed by atoms with Gasteiger partial charge in [0.25, 0.3) is 0 Å². The van der Waals surface area contributed by atoms with Gasteiger partial charge in [-0.1, -0.05) is 34.6 Å². The summed E-state index contributed by atoms with van der Waals surface area (Å²) in [6, 6.07) is 0. The Kier molecular flexibility index (Phi) is 8.97. The number of carbonyl (C=O) groups is 2. The summed E-state index contributed by atoms with van der Waals surface area (Å²) >= 11 is 0. The number of hydrogen-bond donors (Lipinski definition) is 0. The zero-order valence-corrected chi connectivity index (χ0v) is 17.7. The standard InChI is InChI=1S/C12H21NO2.C5H10N.Y/c1-11(2,3)12(4,5)7-8-6-9(14)13-10(8)15;1-2-6-4-3-5-6;/h8H,6-7H2,1-5H3,(H,13,14,15);1-5H2;/q;-1;/p-1. The normalized spacial score (nSPS) is 22.2. The van der Waals surface area contributed by atoms with Gasteiger partial charge in [0.1, 0.15) is 0 Å². The molecule has 22 heavy (non-hydrogen) atoms. The molecule has 1 unspecified atom stereocenters. The van der Waals surface area contributed by atoms with Gasteiger partial charge in [0.05, 0.1) is 11.8 Å². The minimum atomic E-state index is -0.255. The van der Waals surface area contributed by atoms with E-state index in [1.165, 1.54) is 19.5 Å². The summed E-state index contributed by atoms with van der Waals surface area (Å²) in [6.45, 7) is 18.1. The van der Waals surface area contributed by atoms with Crippen molar-refractivity contribution in [1.82, 2.24) is 4.90 Å². The molecular formula is C17H30N2O2Y-2. The largest absolute Gasteiger partial charge is 0.596 e. The van der Waals surface area contributed by atoms with Crippen LogP contribution in [-0.4, -0.2) is 36.3 Å². The van der Waals surface area contributed by atoms with Crippen LogP contribution >= 0.6 is 0 Å². The molecule has 125 valence electrons. The first-order chi connectivity index (χ1) is 9.56. The van der Waals surface area contributed by atoms with Crippen molar-refractivity contribution < 1.29 is 42.3 Å². The molecular weight excluding hydrogens is 353 g/mol. The molecule has 5 heteroatoms. The predicted octanol–water partition coefficient (Wildman–Crippen LogP) is 3.42. The Labute approximate surface area is 161 Å². The maximum absolute atomic E-state index is 11.4. The number of imide groups is 1. The van der Waals surface area contributed by atoms with Crippen molar-refractivity contribution in [2.45, 2.75) is 53.9 Å². The van der Waals surface area contributed by atoms with Gasteiger partial charge in [-0.2, -0.15) is 0 Å². The third kappa shape index (κ3) is 6.37. The molecule has 2 heterocycles. The van der Waals surface area contributed by atoms with E-state index in [-0.39, 0.29) is 61.3 Å². The third-order valence-electron chi connectivity index (χ3n) is 5.06. The van der Waals surface area contributed by atoms with Crippen LogP contribution in [0, 0.1) is 23.7 Å². The van der Waals surface area contributed by atoms with Gasteiger partial charge in [-0.25, -0.2) is 0 Å². The van der Waals surface area contributed by atoms with E-state index in [0.29, 0.717) is 6.42 Å². The van der Waals surface area contributed by atoms with Crippen molar-refractivity contribution in [1.29, 1.82) is 0 Å². The van der Waals surface area contributed by atoms with Crippen LogP contribution < -0.4 is 0 Å². The van der Waals surface area contributed by atoms with E-state index in [9.17, 15) is 9.59 Å². The molecule has 0 aromatic rings. The monoisotopic (exact) mass is 383 g/mol. The number of amides is 2. The maximum atomic E-state index is 11.4. The van der Waals surface area contributed by atoms with Crippen molar-refractivity contribution in [2.75, 3.05) is 19.6 Å². The summed E-state index contributed by atoms with van der Waals surface area (Å²) in [7, 11) is 0. The molecule has 0 bridgehead atoms. The fourth-order valence-corrected chi connectivity index (χ4v) is 2.24. The van der Waals surface area contributed by atoms with E-state index in [0.717, 1.165) is 13.0 Å². The van der Waals surface area contributed by atoms with E-state index < -0.39 is 0 Å². The van der Waals surface area contributed by atoms with Crippen LogP contribution in [-0.2, 0) is 42.3 Å². The summed E-state index contributed by atoms with van der Waals surface area (Å²) < 4.78 is 0. The number of carbonyl (C=O) groups excluding carboxylic acids is 2. The number of rotatable bonds is 3. The minimum Gasteiger partial charge on any atom is -0.596 e. The summed E-state index contributed by atoms with van der Waals surface area (Å²) in [5.41, 5.74) is 0.159. The van der Waals surface area contributed by atoms with Crippen LogP contribution in [0.15, 0.2) is 0 Å². The first-order valence-corrected chi connectivity index (χ1v) is 7.87. The number of nitrogens with zero attached hydrogens (tertiary/aromatic N) is 2. The average Bonchev–Trinajstić information content (AvgIpc) is 2.54. The number of hydrogen-bond acceptors (Lipinski definition) is 3. The van der Waals surface area contributed by atoms with E-state index in [4.69, 9.17) is 0 Å². The first-order valence-electron chi connectivity index (χ1n) is 7.87. The van der Waals surface area contributed by atoms with E-state index >= 15 is 0 Å². The Hall–Kier alpha value is 0.204. The van der Waals surface area contributed by atoms with Gasteiger partial charge in [-0.3, -0.25) is 0 Å². The summed E-state index contributed by atoms with van der Waals surface area (Å²) in [5, 5.41) is 3.46. The molecule has 4 nitrogen and oxygen atoms in total. The van der Waals surface area contributed by atoms with Crippen LogP contribution in [0.2, 0.25) is 0 Å². The van der Waals surface area contributed by atoms with Gasteiger partial charge < -0.3 is 26.7 Å². The van der Waals surface area contributed by atoms with Crippen molar-refractivity contribution in [3.8, 4) is 0 Å². The minimum absolute atomic E-state index is 0. The van der Waals surface area contributed by atoms with Crippen LogP contribution in [0.1, 0.15) is 53.9 Å². The van der Waals surface area contributed by atoms with Crippen LogP contribution in [0.5, 0.6) is 0 Å². The van der Waals surface area contributed by atoms with Gasteiger partial charge in [-0.05, 0) is 43.2 Å². The summed E-state index contributed by atoms with van der Waals surface area (Å²) in [6.07, 6.45) is 2.43. The predicted molar refractivity (Wildman–Crippen MR) is 85.7 cm³/mol. The van der Waals surface area contributed by atoms with Gasteiger partial charge in [0.15, 0.2) is 0 Å². The second-order valence-corrected chi connectivity index (χ2v) is 7.78. The molecule has 0 aliphatic carbocycles. The topological polar surface area (TPSA) is 51.5 Å². The zero-order chi connectivity index (χ0) is 16.3. The van der Waals surface area contributed by atoms with E-state index in [2.05, 4.69) is 51.8 Å². The SMILES string of the molecule is CC(C)(C)C(C)(C)CC1CC(=O)[N-]C1=O.[CH2-]CN1CCC1.[Y]. The maximum Gasteiger partial charge on any atom is 0.0600 e. The molecule has 0 aromatic carbocycles. The molecule has 0 spiro atoms. The molecule has 2 aliphatic heterocycles. The van der Waals surface area contributed by atoms with Crippen molar-refractivity contribution in [3.63, 3.8) is 0 Å². The first kappa shape index (κ1) is 22.2. The van der Waals surface area contributed by atoms with E-state index in [1.807, 2.05) is 0 Å². The third-order valence-corrected chi connectivity index (χ3v) is 5.06. The Morgan fingerprint density at radius 2 is 1.73 bits per heavy atom. The smallest absolute Gasteiger partial charge is 0.0600 e. The van der Waals surface area contributed by atoms with Crippen molar-refractivity contribution in [3.05, 3.63) is 12.2 Å². The summed E-state index contributed by atoms with van der Waals surface area (Å²) in [4.78, 5) is 24.7. The van der Waals surface area contributed by atoms with Crippen LogP contribution in [0.25, 0.3) is 5.32 Å². The molecule has 0 aromatic heterocycles. The molecule has 2 aliphatic rings. The van der Waals surface area contributed by atoms with Gasteiger partial charge >= 0.3 is 0 Å². The van der Waals surface area contributed by atoms with E-state index in [1.54, 1.807) is 0 Å². The molecule has 2 rings (SSSR count). The van der Waals surface area contributed by atoms with Gasteiger partial charge in [0, 0.05) is 38.6 Å². The van der Waals surface area contributed by atoms with Crippen LogP contribution in [0.3, 0.4) is 0 Å². The Bertz CT molecular complexity index is 382. The van der Waals surface area contributed by atoms with Gasteiger partial charge in [-0.15, -0.1) is 6.54 Å². The zero-order valence-electron chi connectivity index (χ0n) is 14.8. The molecule has 0 N–H and O–H groups in total. The molecule has 2 fully saturated rings. The summed E-state index contributed by atoms with van der Waals surface area (Å²) in [5.74, 6) is -0.668. The molecule has 1 radical (unpaired) electrons. The fraction of sp³-hybridized carbons (Fsp3) is 0.824. The molecule has 0 saturated carbocycles. The fourth-order valence-electron chi connectivity index (χ4n) is 2.24. The molecule has 2 amide bonds. The Balaban J connectivity index is 0.000000529. The quantitative estimate of drug-likeness (QED) is 0.554. The van der Waals surface area contributed by atoms with Crippen LogP contribution in [0.4, 0.5) is 0 Å². The average molecular weight is 383 g/mol. The molecule has 2 saturated heterocycles. The van der Waals surface area contributed by atoms with Crippen molar-refractivity contribution in [2.24, 2.45) is 16.7 Å². The molecule has 1 atom stereocenters. The Morgan fingerprint density at radius 3 is 1.95 bits per heavy atom. The van der Waals surface area contributed by atoms with Crippen molar-refractivity contribution >= 4 is 11.8 Å². The van der Waals surface area contributed by atoms with Gasteiger partial charge in [0.2, 0.25) is 0 Å². The Morgan fingerprint density at radius 1 is 1.18 bits per heavy atom.